The zero-order valence-corrected chi connectivity index (χ0v) is 13.6. The molecule has 1 saturated heterocycles. The van der Waals surface area contributed by atoms with Crippen molar-refractivity contribution in [3.05, 3.63) is 36.0 Å². The molecular weight excluding hydrogens is 290 g/mol. The Hall–Kier alpha value is -2.44. The molecule has 7 heteroatoms. The maximum absolute atomic E-state index is 4.61. The molecule has 4 heterocycles. The number of rotatable bonds is 4. The summed E-state index contributed by atoms with van der Waals surface area (Å²) in [4.78, 5) is 11.3. The van der Waals surface area contributed by atoms with Crippen LogP contribution in [-0.4, -0.2) is 35.9 Å². The standard InChI is InChI=1S/C16H21N7/c1-3-5-13-8-15(23-16(20-13)17-11-19-23)22-7-4-6-14(22)12-9-18-21(2)10-12/h8-11,14H,3-7H2,1-2H3. The third-order valence-electron chi connectivity index (χ3n) is 4.45. The average molecular weight is 311 g/mol. The van der Waals surface area contributed by atoms with Crippen molar-refractivity contribution in [3.63, 3.8) is 0 Å². The highest BCUT2D eigenvalue weighted by atomic mass is 15.4. The molecule has 0 spiro atoms. The summed E-state index contributed by atoms with van der Waals surface area (Å²) in [5, 5.41) is 8.71. The summed E-state index contributed by atoms with van der Waals surface area (Å²) in [5.41, 5.74) is 2.34. The monoisotopic (exact) mass is 311 g/mol. The van der Waals surface area contributed by atoms with Crippen LogP contribution in [0.5, 0.6) is 0 Å². The molecule has 1 atom stereocenters. The van der Waals surface area contributed by atoms with Crippen LogP contribution < -0.4 is 4.90 Å². The van der Waals surface area contributed by atoms with Gasteiger partial charge in [-0.1, -0.05) is 13.3 Å². The fraction of sp³-hybridized carbons (Fsp3) is 0.500. The molecule has 0 aromatic carbocycles. The molecule has 0 bridgehead atoms. The summed E-state index contributed by atoms with van der Waals surface area (Å²) >= 11 is 0. The van der Waals surface area contributed by atoms with E-state index in [4.69, 9.17) is 0 Å². The largest absolute Gasteiger partial charge is 0.349 e. The predicted octanol–water partition coefficient (Wildman–Crippen LogP) is 2.15. The van der Waals surface area contributed by atoms with Gasteiger partial charge in [0.15, 0.2) is 0 Å². The fourth-order valence-electron chi connectivity index (χ4n) is 3.43. The summed E-state index contributed by atoms with van der Waals surface area (Å²) in [6, 6.07) is 2.51. The SMILES string of the molecule is CCCc1cc(N2CCCC2c2cnn(C)c2)n2ncnc2n1. The van der Waals surface area contributed by atoms with Crippen LogP contribution in [0.4, 0.5) is 5.82 Å². The topological polar surface area (TPSA) is 64.1 Å². The van der Waals surface area contributed by atoms with Gasteiger partial charge in [-0.2, -0.15) is 19.7 Å². The zero-order chi connectivity index (χ0) is 15.8. The van der Waals surface area contributed by atoms with Gasteiger partial charge < -0.3 is 4.90 Å². The Kier molecular flexibility index (Phi) is 3.48. The number of nitrogens with zero attached hydrogens (tertiary/aromatic N) is 7. The Morgan fingerprint density at radius 2 is 2.22 bits per heavy atom. The Balaban J connectivity index is 1.79. The second kappa shape index (κ2) is 5.64. The molecule has 1 fully saturated rings. The summed E-state index contributed by atoms with van der Waals surface area (Å²) in [6.07, 6.45) is 9.99. The van der Waals surface area contributed by atoms with Crippen LogP contribution in [-0.2, 0) is 13.5 Å². The quantitative estimate of drug-likeness (QED) is 0.739. The van der Waals surface area contributed by atoms with Crippen molar-refractivity contribution in [1.82, 2.24) is 29.4 Å². The van der Waals surface area contributed by atoms with Gasteiger partial charge in [-0.15, -0.1) is 0 Å². The minimum atomic E-state index is 0.341. The molecule has 23 heavy (non-hydrogen) atoms. The highest BCUT2D eigenvalue weighted by molar-refractivity contribution is 5.50. The average Bonchev–Trinajstić information content (AvgIpc) is 3.25. The van der Waals surface area contributed by atoms with Crippen LogP contribution in [0.15, 0.2) is 24.8 Å². The summed E-state index contributed by atoms with van der Waals surface area (Å²) in [6.45, 7) is 3.19. The van der Waals surface area contributed by atoms with Gasteiger partial charge in [0.1, 0.15) is 12.1 Å². The van der Waals surface area contributed by atoms with Crippen molar-refractivity contribution < 1.29 is 0 Å². The van der Waals surface area contributed by atoms with E-state index in [9.17, 15) is 0 Å². The lowest BCUT2D eigenvalue weighted by Gasteiger charge is -2.26. The summed E-state index contributed by atoms with van der Waals surface area (Å²) < 4.78 is 3.72. The summed E-state index contributed by atoms with van der Waals surface area (Å²) in [7, 11) is 1.96. The number of hydrogen-bond donors (Lipinski definition) is 0. The second-order valence-electron chi connectivity index (χ2n) is 6.13. The number of hydrogen-bond acceptors (Lipinski definition) is 5. The third kappa shape index (κ3) is 2.46. The van der Waals surface area contributed by atoms with Crippen LogP contribution in [0.25, 0.3) is 5.78 Å². The minimum Gasteiger partial charge on any atom is -0.349 e. The molecule has 1 unspecified atom stereocenters. The summed E-state index contributed by atoms with van der Waals surface area (Å²) in [5.74, 6) is 1.77. The van der Waals surface area contributed by atoms with Crippen LogP contribution in [0.2, 0.25) is 0 Å². The van der Waals surface area contributed by atoms with Gasteiger partial charge in [-0.05, 0) is 19.3 Å². The van der Waals surface area contributed by atoms with Crippen LogP contribution in [0, 0.1) is 0 Å². The molecule has 7 nitrogen and oxygen atoms in total. The minimum absolute atomic E-state index is 0.341. The smallest absolute Gasteiger partial charge is 0.254 e. The van der Waals surface area contributed by atoms with E-state index in [1.807, 2.05) is 22.4 Å². The maximum atomic E-state index is 4.61. The predicted molar refractivity (Wildman–Crippen MR) is 87.3 cm³/mol. The van der Waals surface area contributed by atoms with E-state index >= 15 is 0 Å². The molecular formula is C16H21N7. The maximum Gasteiger partial charge on any atom is 0.254 e. The molecule has 0 aliphatic carbocycles. The molecule has 3 aromatic rings. The van der Waals surface area contributed by atoms with Gasteiger partial charge in [-0.25, -0.2) is 4.98 Å². The number of aryl methyl sites for hydroxylation is 2. The molecule has 120 valence electrons. The number of fused-ring (bicyclic) bond motifs is 1. The fourth-order valence-corrected chi connectivity index (χ4v) is 3.43. The van der Waals surface area contributed by atoms with E-state index in [1.54, 1.807) is 6.33 Å². The Morgan fingerprint density at radius 3 is 3.00 bits per heavy atom. The molecule has 0 saturated carbocycles. The van der Waals surface area contributed by atoms with Gasteiger partial charge in [0.05, 0.1) is 12.2 Å². The first-order chi connectivity index (χ1) is 11.3. The lowest BCUT2D eigenvalue weighted by molar-refractivity contribution is 0.693. The first kappa shape index (κ1) is 14.2. The van der Waals surface area contributed by atoms with E-state index in [0.717, 1.165) is 37.3 Å². The highest BCUT2D eigenvalue weighted by Gasteiger charge is 2.29. The molecule has 1 aliphatic heterocycles. The van der Waals surface area contributed by atoms with E-state index in [1.165, 1.54) is 12.0 Å². The molecule has 0 N–H and O–H groups in total. The van der Waals surface area contributed by atoms with Gasteiger partial charge in [0.25, 0.3) is 5.78 Å². The lowest BCUT2D eigenvalue weighted by Crippen LogP contribution is -2.25. The Morgan fingerprint density at radius 1 is 1.30 bits per heavy atom. The molecule has 4 rings (SSSR count). The van der Waals surface area contributed by atoms with E-state index in [0.29, 0.717) is 11.8 Å². The molecule has 0 radical (unpaired) electrons. The first-order valence-corrected chi connectivity index (χ1v) is 8.21. The Labute approximate surface area is 135 Å². The van der Waals surface area contributed by atoms with Gasteiger partial charge in [-0.3, -0.25) is 4.68 Å². The van der Waals surface area contributed by atoms with Crippen molar-refractivity contribution in [2.24, 2.45) is 7.05 Å². The van der Waals surface area contributed by atoms with E-state index < -0.39 is 0 Å². The van der Waals surface area contributed by atoms with Crippen molar-refractivity contribution >= 4 is 11.6 Å². The molecule has 1 aliphatic rings. The van der Waals surface area contributed by atoms with Crippen LogP contribution in [0.1, 0.15) is 43.5 Å². The third-order valence-corrected chi connectivity index (χ3v) is 4.45. The van der Waals surface area contributed by atoms with E-state index in [-0.39, 0.29) is 0 Å². The molecule has 0 amide bonds. The first-order valence-electron chi connectivity index (χ1n) is 8.21. The van der Waals surface area contributed by atoms with Crippen LogP contribution >= 0.6 is 0 Å². The Bertz CT molecular complexity index is 819. The van der Waals surface area contributed by atoms with E-state index in [2.05, 4.69) is 44.3 Å². The van der Waals surface area contributed by atoms with Crippen molar-refractivity contribution in [1.29, 1.82) is 0 Å². The normalized spacial score (nSPS) is 18.2. The zero-order valence-electron chi connectivity index (χ0n) is 13.6. The van der Waals surface area contributed by atoms with Gasteiger partial charge in [0.2, 0.25) is 0 Å². The van der Waals surface area contributed by atoms with Crippen molar-refractivity contribution in [2.45, 2.75) is 38.6 Å². The van der Waals surface area contributed by atoms with Crippen molar-refractivity contribution in [3.8, 4) is 0 Å². The lowest BCUT2D eigenvalue weighted by atomic mass is 10.1. The molecule has 3 aromatic heterocycles. The van der Waals surface area contributed by atoms with Gasteiger partial charge >= 0.3 is 0 Å². The highest BCUT2D eigenvalue weighted by Crippen LogP contribution is 2.36. The number of aromatic nitrogens is 6. The van der Waals surface area contributed by atoms with Crippen LogP contribution in [0.3, 0.4) is 0 Å². The number of anilines is 1. The second-order valence-corrected chi connectivity index (χ2v) is 6.13. The van der Waals surface area contributed by atoms with Crippen molar-refractivity contribution in [2.75, 3.05) is 11.4 Å². The van der Waals surface area contributed by atoms with Gasteiger partial charge in [0, 0.05) is 37.1 Å².